The summed E-state index contributed by atoms with van der Waals surface area (Å²) in [6.07, 6.45) is 0.893. The van der Waals surface area contributed by atoms with Crippen molar-refractivity contribution in [3.8, 4) is 0 Å². The molecule has 3 N–H and O–H groups in total. The molecule has 0 amide bonds. The van der Waals surface area contributed by atoms with Crippen LogP contribution >= 0.6 is 11.8 Å². The summed E-state index contributed by atoms with van der Waals surface area (Å²) in [5.74, 6) is 6.67. The molecule has 4 nitrogen and oxygen atoms in total. The number of aromatic nitrogens is 2. The van der Waals surface area contributed by atoms with Crippen molar-refractivity contribution in [1.82, 2.24) is 15.2 Å². The van der Waals surface area contributed by atoms with Gasteiger partial charge in [0.1, 0.15) is 0 Å². The highest BCUT2D eigenvalue weighted by Gasteiger charge is 2.13. The van der Waals surface area contributed by atoms with Crippen LogP contribution in [0.4, 0.5) is 0 Å². The average Bonchev–Trinajstić information content (AvgIpc) is 2.84. The minimum Gasteiger partial charge on any atom is -0.271 e. The Morgan fingerprint density at radius 2 is 2.10 bits per heavy atom. The number of nitrogens with one attached hydrogen (secondary N) is 1. The van der Waals surface area contributed by atoms with Crippen LogP contribution in [0.25, 0.3) is 0 Å². The van der Waals surface area contributed by atoms with Crippen LogP contribution < -0.4 is 11.3 Å². The van der Waals surface area contributed by atoms with Gasteiger partial charge < -0.3 is 0 Å². The summed E-state index contributed by atoms with van der Waals surface area (Å²) in [6.45, 7) is 7.18. The molecule has 0 fully saturated rings. The Morgan fingerprint density at radius 3 is 2.76 bits per heavy atom. The van der Waals surface area contributed by atoms with Crippen molar-refractivity contribution in [2.24, 2.45) is 5.84 Å². The van der Waals surface area contributed by atoms with Gasteiger partial charge in [-0.2, -0.15) is 5.10 Å². The first-order valence-corrected chi connectivity index (χ1v) is 8.30. The molecule has 0 radical (unpaired) electrons. The first-order valence-electron chi connectivity index (χ1n) is 7.32. The molecule has 21 heavy (non-hydrogen) atoms. The summed E-state index contributed by atoms with van der Waals surface area (Å²) in [5, 5.41) is 4.49. The van der Waals surface area contributed by atoms with Crippen molar-refractivity contribution < 1.29 is 0 Å². The summed E-state index contributed by atoms with van der Waals surface area (Å²) < 4.78 is 2.05. The van der Waals surface area contributed by atoms with Crippen LogP contribution in [-0.4, -0.2) is 21.6 Å². The monoisotopic (exact) mass is 304 g/mol. The van der Waals surface area contributed by atoms with Crippen molar-refractivity contribution in [3.05, 3.63) is 47.3 Å². The van der Waals surface area contributed by atoms with Crippen molar-refractivity contribution in [1.29, 1.82) is 0 Å². The summed E-state index contributed by atoms with van der Waals surface area (Å²) in [4.78, 5) is 1.32. The van der Waals surface area contributed by atoms with Gasteiger partial charge in [0.05, 0.1) is 5.69 Å². The van der Waals surface area contributed by atoms with E-state index in [0.717, 1.165) is 24.4 Å². The summed E-state index contributed by atoms with van der Waals surface area (Å²) in [7, 11) is 0. The molecule has 5 heteroatoms. The second kappa shape index (κ2) is 7.64. The summed E-state index contributed by atoms with van der Waals surface area (Å²) in [6, 6.07) is 10.8. The Kier molecular flexibility index (Phi) is 5.85. The minimum absolute atomic E-state index is 0.232. The van der Waals surface area contributed by atoms with Gasteiger partial charge in [0.2, 0.25) is 0 Å². The van der Waals surface area contributed by atoms with Crippen LogP contribution in [0.15, 0.2) is 35.2 Å². The molecule has 1 heterocycles. The highest BCUT2D eigenvalue weighted by molar-refractivity contribution is 7.99. The topological polar surface area (TPSA) is 55.9 Å². The molecule has 0 saturated carbocycles. The highest BCUT2D eigenvalue weighted by atomic mass is 32.2. The lowest BCUT2D eigenvalue weighted by molar-refractivity contribution is 0.534. The van der Waals surface area contributed by atoms with Crippen molar-refractivity contribution >= 4 is 11.8 Å². The maximum absolute atomic E-state index is 5.73. The number of aryl methyl sites for hydroxylation is 3. The zero-order valence-corrected chi connectivity index (χ0v) is 13.8. The second-order valence-electron chi connectivity index (χ2n) is 5.24. The number of nitrogens with zero attached hydrogens (tertiary/aromatic N) is 2. The molecular weight excluding hydrogens is 280 g/mol. The van der Waals surface area contributed by atoms with Crippen molar-refractivity contribution in [2.75, 3.05) is 5.75 Å². The van der Waals surface area contributed by atoms with Crippen molar-refractivity contribution in [2.45, 2.75) is 44.7 Å². The smallest absolute Gasteiger partial charge is 0.0596 e. The Balaban J connectivity index is 1.98. The van der Waals surface area contributed by atoms with Crippen LogP contribution in [0, 0.1) is 13.8 Å². The second-order valence-corrected chi connectivity index (χ2v) is 6.30. The molecule has 0 aliphatic rings. The number of hydrazine groups is 1. The molecule has 0 saturated heterocycles. The Morgan fingerprint density at radius 1 is 1.33 bits per heavy atom. The van der Waals surface area contributed by atoms with Gasteiger partial charge in [-0.25, -0.2) is 0 Å². The lowest BCUT2D eigenvalue weighted by atomic mass is 10.2. The van der Waals surface area contributed by atoms with Gasteiger partial charge >= 0.3 is 0 Å². The Bertz CT molecular complexity index is 579. The molecule has 0 aliphatic heterocycles. The molecule has 114 valence electrons. The molecule has 1 unspecified atom stereocenters. The van der Waals surface area contributed by atoms with E-state index in [1.165, 1.54) is 16.2 Å². The largest absolute Gasteiger partial charge is 0.271 e. The van der Waals surface area contributed by atoms with Crippen LogP contribution in [0.3, 0.4) is 0 Å². The molecule has 2 aromatic rings. The molecule has 1 aromatic heterocycles. The number of hydrogen-bond acceptors (Lipinski definition) is 4. The highest BCUT2D eigenvalue weighted by Crippen LogP contribution is 2.23. The fourth-order valence-electron chi connectivity index (χ4n) is 2.36. The number of hydrogen-bond donors (Lipinski definition) is 2. The van der Waals surface area contributed by atoms with Gasteiger partial charge in [-0.3, -0.25) is 16.0 Å². The first kappa shape index (κ1) is 16.1. The third-order valence-electron chi connectivity index (χ3n) is 3.51. The molecule has 0 bridgehead atoms. The van der Waals surface area contributed by atoms with E-state index in [2.05, 4.69) is 59.4 Å². The quantitative estimate of drug-likeness (QED) is 0.469. The normalized spacial score (nSPS) is 12.6. The molecular formula is C16H24N4S. The van der Waals surface area contributed by atoms with Gasteiger partial charge in [-0.1, -0.05) is 18.2 Å². The molecule has 2 rings (SSSR count). The predicted molar refractivity (Wildman–Crippen MR) is 89.4 cm³/mol. The van der Waals surface area contributed by atoms with Gasteiger partial charge in [0, 0.05) is 35.3 Å². The average molecular weight is 304 g/mol. The number of nitrogens with two attached hydrogens (primary N) is 1. The van der Waals surface area contributed by atoms with E-state index in [4.69, 9.17) is 5.84 Å². The Labute approximate surface area is 131 Å². The zero-order valence-electron chi connectivity index (χ0n) is 13.0. The van der Waals surface area contributed by atoms with Gasteiger partial charge in [-0.05, 0) is 38.5 Å². The van der Waals surface area contributed by atoms with E-state index >= 15 is 0 Å². The molecule has 0 spiro atoms. The van der Waals surface area contributed by atoms with E-state index in [9.17, 15) is 0 Å². The predicted octanol–water partition coefficient (Wildman–Crippen LogP) is 2.69. The molecule has 1 atom stereocenters. The Hall–Kier alpha value is -1.30. The van der Waals surface area contributed by atoms with E-state index in [1.807, 2.05) is 18.7 Å². The van der Waals surface area contributed by atoms with Gasteiger partial charge in [0.25, 0.3) is 0 Å². The SMILES string of the molecule is CCn1nc(C)cc1CC(CSc1ccccc1C)NN. The third-order valence-corrected chi connectivity index (χ3v) is 4.85. The van der Waals surface area contributed by atoms with Crippen LogP contribution in [0.5, 0.6) is 0 Å². The van der Waals surface area contributed by atoms with Crippen LogP contribution in [-0.2, 0) is 13.0 Å². The lowest BCUT2D eigenvalue weighted by Gasteiger charge is -2.16. The maximum atomic E-state index is 5.73. The summed E-state index contributed by atoms with van der Waals surface area (Å²) >= 11 is 1.85. The van der Waals surface area contributed by atoms with Crippen LogP contribution in [0.1, 0.15) is 23.9 Å². The standard InChI is InChI=1S/C16H24N4S/c1-4-20-15(9-13(3)19-20)10-14(18-17)11-21-16-8-6-5-7-12(16)2/h5-9,14,18H,4,10-11,17H2,1-3H3. The van der Waals surface area contributed by atoms with Gasteiger partial charge in [0.15, 0.2) is 0 Å². The molecule has 1 aromatic carbocycles. The molecule has 0 aliphatic carbocycles. The van der Waals surface area contributed by atoms with E-state index in [1.54, 1.807) is 0 Å². The van der Waals surface area contributed by atoms with E-state index < -0.39 is 0 Å². The third kappa shape index (κ3) is 4.33. The van der Waals surface area contributed by atoms with Gasteiger partial charge in [-0.15, -0.1) is 11.8 Å². The van der Waals surface area contributed by atoms with E-state index in [-0.39, 0.29) is 6.04 Å². The van der Waals surface area contributed by atoms with E-state index in [0.29, 0.717) is 0 Å². The fourth-order valence-corrected chi connectivity index (χ4v) is 3.43. The first-order chi connectivity index (χ1) is 10.1. The lowest BCUT2D eigenvalue weighted by Crippen LogP contribution is -2.39. The summed E-state index contributed by atoms with van der Waals surface area (Å²) in [5.41, 5.74) is 6.55. The maximum Gasteiger partial charge on any atom is 0.0596 e. The zero-order chi connectivity index (χ0) is 15.2. The number of rotatable bonds is 7. The van der Waals surface area contributed by atoms with Crippen LogP contribution in [0.2, 0.25) is 0 Å². The number of benzene rings is 1. The van der Waals surface area contributed by atoms with Crippen molar-refractivity contribution in [3.63, 3.8) is 0 Å². The fraction of sp³-hybridized carbons (Fsp3) is 0.438. The number of thioether (sulfide) groups is 1. The minimum atomic E-state index is 0.232.